The van der Waals surface area contributed by atoms with Gasteiger partial charge >= 0.3 is 59.1 Å². The zero-order chi connectivity index (χ0) is 27.7. The molecule has 0 spiro atoms. The summed E-state index contributed by atoms with van der Waals surface area (Å²) >= 11 is 0. The molecule has 0 fully saturated rings. The molecule has 0 aromatic rings. The predicted molar refractivity (Wildman–Crippen MR) is 61.3 cm³/mol. The van der Waals surface area contributed by atoms with E-state index in [2.05, 4.69) is 0 Å². The molecular formula is C10H3F21OSi. The largest absolute Gasteiger partial charge is 0.460 e. The van der Waals surface area contributed by atoms with Crippen LogP contribution in [0.3, 0.4) is 0 Å². The maximum Gasteiger partial charge on any atom is 0.460 e. The van der Waals surface area contributed by atoms with Crippen LogP contribution in [0.25, 0.3) is 0 Å². The molecule has 0 amide bonds. The average Bonchev–Trinajstić information content (AvgIpc) is 2.59. The van der Waals surface area contributed by atoms with E-state index in [1.165, 1.54) is 0 Å². The molecular weight excluding hydrogens is 563 g/mol. The van der Waals surface area contributed by atoms with Crippen molar-refractivity contribution in [1.29, 1.82) is 0 Å². The molecule has 0 aliphatic heterocycles. The Bertz CT molecular complexity index is 719. The van der Waals surface area contributed by atoms with Gasteiger partial charge in [-0.1, -0.05) is 0 Å². The van der Waals surface area contributed by atoms with Gasteiger partial charge in [-0.05, 0) is 0 Å². The van der Waals surface area contributed by atoms with Gasteiger partial charge in [0, 0.05) is 0 Å². The van der Waals surface area contributed by atoms with Gasteiger partial charge in [-0.15, -0.1) is 0 Å². The molecule has 0 rings (SSSR count). The Kier molecular flexibility index (Phi) is 7.30. The average molecular weight is 566 g/mol. The molecule has 33 heavy (non-hydrogen) atoms. The second kappa shape index (κ2) is 7.60. The molecule has 0 bridgehead atoms. The van der Waals surface area contributed by atoms with E-state index >= 15 is 0 Å². The number of rotatable bonds is 9. The monoisotopic (exact) mass is 566 g/mol. The van der Waals surface area contributed by atoms with E-state index in [9.17, 15) is 92.2 Å². The van der Waals surface area contributed by atoms with Crippen LogP contribution >= 0.6 is 0 Å². The van der Waals surface area contributed by atoms with Crippen LogP contribution in [0.15, 0.2) is 0 Å². The Morgan fingerprint density at radius 1 is 0.303 bits per heavy atom. The lowest BCUT2D eigenvalue weighted by Crippen LogP contribution is -2.77. The molecule has 0 radical (unpaired) electrons. The quantitative estimate of drug-likeness (QED) is 0.297. The third-order valence-electron chi connectivity index (χ3n) is 3.77. The van der Waals surface area contributed by atoms with Gasteiger partial charge in [-0.3, -0.25) is 0 Å². The van der Waals surface area contributed by atoms with Crippen molar-refractivity contribution in [3.05, 3.63) is 0 Å². The smallest absolute Gasteiger partial charge is 0.431 e. The second-order valence-electron chi connectivity index (χ2n) is 5.96. The first kappa shape index (κ1) is 31.7. The molecule has 0 aliphatic carbocycles. The van der Waals surface area contributed by atoms with Crippen molar-refractivity contribution in [2.24, 2.45) is 0 Å². The fourth-order valence-electron chi connectivity index (χ4n) is 1.69. The van der Waals surface area contributed by atoms with Crippen molar-refractivity contribution >= 4 is 9.76 Å². The van der Waals surface area contributed by atoms with Crippen molar-refractivity contribution in [2.45, 2.75) is 59.1 Å². The molecule has 0 aliphatic rings. The number of halogens is 21. The van der Waals surface area contributed by atoms with E-state index in [-0.39, 0.29) is 0 Å². The number of hydrogen-bond acceptors (Lipinski definition) is 1. The molecule has 0 saturated heterocycles. The lowest BCUT2D eigenvalue weighted by Gasteiger charge is -2.44. The minimum absolute atomic E-state index is 4.98. The lowest BCUT2D eigenvalue weighted by molar-refractivity contribution is -0.472. The molecule has 0 aromatic heterocycles. The molecule has 0 heterocycles. The number of alkyl halides is 21. The highest BCUT2D eigenvalue weighted by molar-refractivity contribution is 6.29. The second-order valence-corrected chi connectivity index (χ2v) is 7.16. The molecule has 0 atom stereocenters. The van der Waals surface area contributed by atoms with Crippen LogP contribution in [0.4, 0.5) is 92.2 Å². The van der Waals surface area contributed by atoms with E-state index in [1.807, 2.05) is 0 Å². The summed E-state index contributed by atoms with van der Waals surface area (Å²) in [5.74, 6) is -70.3. The van der Waals surface area contributed by atoms with Gasteiger partial charge in [-0.25, -0.2) is 8.78 Å². The summed E-state index contributed by atoms with van der Waals surface area (Å²) < 4.78 is 270. The van der Waals surface area contributed by atoms with E-state index in [0.717, 1.165) is 0 Å². The van der Waals surface area contributed by atoms with E-state index in [1.54, 1.807) is 0 Å². The maximum absolute atomic E-state index is 13.3. The fraction of sp³-hybridized carbons (Fsp3) is 1.00. The maximum atomic E-state index is 13.3. The van der Waals surface area contributed by atoms with Gasteiger partial charge in [-0.2, -0.15) is 83.4 Å². The molecule has 1 nitrogen and oxygen atoms in total. The molecule has 1 N–H and O–H groups in total. The molecule has 200 valence electrons. The van der Waals surface area contributed by atoms with Crippen LogP contribution in [-0.2, 0) is 0 Å². The zero-order valence-electron chi connectivity index (χ0n) is 14.1. The Hall–Kier alpha value is -1.29. The van der Waals surface area contributed by atoms with Gasteiger partial charge < -0.3 is 4.80 Å². The van der Waals surface area contributed by atoms with Gasteiger partial charge in [0.2, 0.25) is 9.76 Å². The first-order chi connectivity index (χ1) is 13.8. The highest BCUT2D eigenvalue weighted by Gasteiger charge is 2.97. The van der Waals surface area contributed by atoms with Crippen molar-refractivity contribution in [3.63, 3.8) is 0 Å². The van der Waals surface area contributed by atoms with Crippen molar-refractivity contribution in [2.75, 3.05) is 0 Å². The third kappa shape index (κ3) is 3.70. The predicted octanol–water partition coefficient (Wildman–Crippen LogP) is 5.30. The van der Waals surface area contributed by atoms with Crippen LogP contribution in [0.1, 0.15) is 0 Å². The molecule has 0 aromatic carbocycles. The van der Waals surface area contributed by atoms with Gasteiger partial charge in [0.05, 0.1) is 0 Å². The van der Waals surface area contributed by atoms with Crippen molar-refractivity contribution in [3.8, 4) is 0 Å². The summed E-state index contributed by atoms with van der Waals surface area (Å²) in [6, 6.07) is 0. The van der Waals surface area contributed by atoms with E-state index < -0.39 is 68.9 Å². The summed E-state index contributed by atoms with van der Waals surface area (Å²) in [6.07, 6.45) is -8.00. The highest BCUT2D eigenvalue weighted by atomic mass is 28.2. The van der Waals surface area contributed by atoms with Gasteiger partial charge in [0.1, 0.15) is 0 Å². The van der Waals surface area contributed by atoms with Crippen molar-refractivity contribution < 1.29 is 97.0 Å². The van der Waals surface area contributed by atoms with E-state index in [4.69, 9.17) is 4.80 Å². The number of hydrogen-bond donors (Lipinski definition) is 1. The Balaban J connectivity index is 7.03. The van der Waals surface area contributed by atoms with Crippen LogP contribution in [0, 0.1) is 0 Å². The Morgan fingerprint density at radius 3 is 0.667 bits per heavy atom. The van der Waals surface area contributed by atoms with Crippen LogP contribution in [0.5, 0.6) is 0 Å². The lowest BCUT2D eigenvalue weighted by atomic mass is 9.87. The molecule has 0 saturated carbocycles. The molecule has 0 unspecified atom stereocenters. The third-order valence-corrected chi connectivity index (χ3v) is 4.62. The SMILES string of the molecule is O[SiH2]C(F)(F)C(F)(F)C(F)(F)C(F)(F)C(F)(F)C(F)(F)C(F)(F)C(F)(F)C(F)(F)C(F)(F)F. The van der Waals surface area contributed by atoms with Crippen LogP contribution in [-0.4, -0.2) is 73.7 Å². The minimum atomic E-state index is -9.17. The fourth-order valence-corrected chi connectivity index (χ4v) is 2.11. The first-order valence-electron chi connectivity index (χ1n) is 6.89. The Labute approximate surface area is 167 Å². The summed E-state index contributed by atoms with van der Waals surface area (Å²) in [7, 11) is -4.98. The normalized spacial score (nSPS) is 17.3. The minimum Gasteiger partial charge on any atom is -0.431 e. The standard InChI is InChI=1S/C10H3F21OSi/c11-1(12,3(15,16)5(19,20)7(23,24)9(27,28)29)2(13,14)4(17,18)6(21,22)8(25,26)10(30,31)33-32/h32H,33H2. The van der Waals surface area contributed by atoms with Gasteiger partial charge in [0.25, 0.3) is 0 Å². The zero-order valence-corrected chi connectivity index (χ0v) is 15.5. The summed E-state index contributed by atoms with van der Waals surface area (Å²) in [5.41, 5.74) is -6.79. The first-order valence-corrected chi connectivity index (χ1v) is 8.23. The summed E-state index contributed by atoms with van der Waals surface area (Å²) in [6.45, 7) is 0. The van der Waals surface area contributed by atoms with Crippen LogP contribution in [0.2, 0.25) is 0 Å². The summed E-state index contributed by atoms with van der Waals surface area (Å²) in [5, 5.41) is 0. The highest BCUT2D eigenvalue weighted by Crippen LogP contribution is 2.66. The van der Waals surface area contributed by atoms with Gasteiger partial charge in [0.15, 0.2) is 0 Å². The Morgan fingerprint density at radius 2 is 0.485 bits per heavy atom. The van der Waals surface area contributed by atoms with E-state index in [0.29, 0.717) is 0 Å². The summed E-state index contributed by atoms with van der Waals surface area (Å²) in [4.78, 5) is 7.91. The van der Waals surface area contributed by atoms with Crippen molar-refractivity contribution in [1.82, 2.24) is 0 Å². The topological polar surface area (TPSA) is 20.2 Å². The van der Waals surface area contributed by atoms with Crippen LogP contribution < -0.4 is 0 Å². The molecule has 23 heteroatoms.